The summed E-state index contributed by atoms with van der Waals surface area (Å²) in [6.45, 7) is 2.18. The molecule has 0 atom stereocenters. The zero-order valence-corrected chi connectivity index (χ0v) is 12.2. The molecule has 0 spiro atoms. The lowest BCUT2D eigenvalue weighted by Gasteiger charge is -2.13. The second-order valence-corrected chi connectivity index (χ2v) is 4.32. The predicted octanol–water partition coefficient (Wildman–Crippen LogP) is 1.41. The van der Waals surface area contributed by atoms with Crippen LogP contribution in [0.25, 0.3) is 0 Å². The molecule has 1 aromatic carbocycles. The Labute approximate surface area is 119 Å². The standard InChI is InChI=1S/C13H19N3O2.ClH/c1-9-4-5-10(13(18)16(2)3)8-11(9)15-12(17)6-7-14;/h4-5,8H,6-7,14H2,1-3H3,(H,15,17);1H. The van der Waals surface area contributed by atoms with Crippen molar-refractivity contribution < 1.29 is 9.59 Å². The summed E-state index contributed by atoms with van der Waals surface area (Å²) in [5, 5.41) is 2.76. The second kappa shape index (κ2) is 7.76. The fourth-order valence-corrected chi connectivity index (χ4v) is 1.49. The van der Waals surface area contributed by atoms with Crippen molar-refractivity contribution in [3.8, 4) is 0 Å². The molecule has 106 valence electrons. The maximum Gasteiger partial charge on any atom is 0.253 e. The van der Waals surface area contributed by atoms with Gasteiger partial charge >= 0.3 is 0 Å². The summed E-state index contributed by atoms with van der Waals surface area (Å²) in [4.78, 5) is 24.8. The number of halogens is 1. The molecule has 0 saturated carbocycles. The van der Waals surface area contributed by atoms with Crippen LogP contribution in [0.2, 0.25) is 0 Å². The minimum absolute atomic E-state index is 0. The third kappa shape index (κ3) is 4.89. The number of anilines is 1. The number of rotatable bonds is 4. The molecule has 0 heterocycles. The average molecular weight is 286 g/mol. The van der Waals surface area contributed by atoms with Crippen LogP contribution in [0.3, 0.4) is 0 Å². The molecule has 2 amide bonds. The maximum atomic E-state index is 11.8. The van der Waals surface area contributed by atoms with Crippen molar-refractivity contribution in [1.82, 2.24) is 4.90 Å². The van der Waals surface area contributed by atoms with Gasteiger partial charge in [-0.3, -0.25) is 9.59 Å². The number of hydrogen-bond acceptors (Lipinski definition) is 3. The van der Waals surface area contributed by atoms with E-state index in [1.165, 1.54) is 4.90 Å². The first-order chi connectivity index (χ1) is 8.45. The number of nitrogens with zero attached hydrogens (tertiary/aromatic N) is 1. The summed E-state index contributed by atoms with van der Waals surface area (Å²) in [5.41, 5.74) is 7.43. The van der Waals surface area contributed by atoms with Gasteiger partial charge in [0.2, 0.25) is 5.91 Å². The quantitative estimate of drug-likeness (QED) is 0.878. The lowest BCUT2D eigenvalue weighted by atomic mass is 10.1. The van der Waals surface area contributed by atoms with E-state index in [9.17, 15) is 9.59 Å². The molecule has 0 bridgehead atoms. The van der Waals surface area contributed by atoms with E-state index in [1.807, 2.05) is 13.0 Å². The first-order valence-corrected chi connectivity index (χ1v) is 5.78. The monoisotopic (exact) mass is 285 g/mol. The Kier molecular flexibility index (Phi) is 7.11. The highest BCUT2D eigenvalue weighted by Crippen LogP contribution is 2.18. The molecule has 1 rings (SSSR count). The highest BCUT2D eigenvalue weighted by Gasteiger charge is 2.11. The van der Waals surface area contributed by atoms with Gasteiger partial charge in [0.25, 0.3) is 5.91 Å². The largest absolute Gasteiger partial charge is 0.345 e. The number of hydrogen-bond donors (Lipinski definition) is 2. The van der Waals surface area contributed by atoms with Crippen molar-refractivity contribution in [3.63, 3.8) is 0 Å². The van der Waals surface area contributed by atoms with Gasteiger partial charge < -0.3 is 16.0 Å². The van der Waals surface area contributed by atoms with Gasteiger partial charge in [-0.1, -0.05) is 6.07 Å². The van der Waals surface area contributed by atoms with Crippen LogP contribution in [0.5, 0.6) is 0 Å². The minimum Gasteiger partial charge on any atom is -0.345 e. The molecule has 0 aromatic heterocycles. The lowest BCUT2D eigenvalue weighted by molar-refractivity contribution is -0.116. The Morgan fingerprint density at radius 2 is 1.95 bits per heavy atom. The summed E-state index contributed by atoms with van der Waals surface area (Å²) in [5.74, 6) is -0.237. The summed E-state index contributed by atoms with van der Waals surface area (Å²) in [6.07, 6.45) is 0.269. The molecule has 0 aliphatic rings. The molecule has 0 aliphatic carbocycles. The van der Waals surface area contributed by atoms with Gasteiger partial charge in [0.05, 0.1) is 0 Å². The van der Waals surface area contributed by atoms with Crippen molar-refractivity contribution in [3.05, 3.63) is 29.3 Å². The zero-order valence-electron chi connectivity index (χ0n) is 11.4. The Balaban J connectivity index is 0.00000324. The average Bonchev–Trinajstić information content (AvgIpc) is 2.31. The zero-order chi connectivity index (χ0) is 13.7. The summed E-state index contributed by atoms with van der Waals surface area (Å²) in [6, 6.07) is 5.25. The summed E-state index contributed by atoms with van der Waals surface area (Å²) < 4.78 is 0. The van der Waals surface area contributed by atoms with Crippen molar-refractivity contribution in [1.29, 1.82) is 0 Å². The molecule has 0 unspecified atom stereocenters. The number of benzene rings is 1. The summed E-state index contributed by atoms with van der Waals surface area (Å²) in [7, 11) is 3.38. The van der Waals surface area contributed by atoms with E-state index in [-0.39, 0.29) is 30.6 Å². The Bertz CT molecular complexity index is 461. The number of aryl methyl sites for hydroxylation is 1. The first kappa shape index (κ1) is 17.4. The predicted molar refractivity (Wildman–Crippen MR) is 78.7 cm³/mol. The number of carbonyl (C=O) groups is 2. The van der Waals surface area contributed by atoms with Crippen LogP contribution in [0, 0.1) is 6.92 Å². The van der Waals surface area contributed by atoms with Crippen LogP contribution in [-0.4, -0.2) is 37.4 Å². The second-order valence-electron chi connectivity index (χ2n) is 4.32. The molecule has 0 fully saturated rings. The normalized spacial score (nSPS) is 9.47. The Morgan fingerprint density at radius 3 is 2.47 bits per heavy atom. The van der Waals surface area contributed by atoms with Crippen LogP contribution in [-0.2, 0) is 4.79 Å². The van der Waals surface area contributed by atoms with Gasteiger partial charge in [-0.25, -0.2) is 0 Å². The van der Waals surface area contributed by atoms with Gasteiger partial charge in [-0.05, 0) is 24.6 Å². The molecule has 1 aromatic rings. The maximum absolute atomic E-state index is 11.8. The fraction of sp³-hybridized carbons (Fsp3) is 0.385. The third-order valence-electron chi connectivity index (χ3n) is 2.54. The van der Waals surface area contributed by atoms with E-state index in [4.69, 9.17) is 5.73 Å². The van der Waals surface area contributed by atoms with Gasteiger partial charge in [-0.2, -0.15) is 0 Å². The molecule has 19 heavy (non-hydrogen) atoms. The summed E-state index contributed by atoms with van der Waals surface area (Å²) >= 11 is 0. The van der Waals surface area contributed by atoms with E-state index in [2.05, 4.69) is 5.32 Å². The minimum atomic E-state index is -0.143. The van der Waals surface area contributed by atoms with Gasteiger partial charge in [0.1, 0.15) is 0 Å². The van der Waals surface area contributed by atoms with Crippen molar-refractivity contribution in [2.45, 2.75) is 13.3 Å². The SMILES string of the molecule is Cc1ccc(C(=O)N(C)C)cc1NC(=O)CCN.Cl. The molecule has 0 saturated heterocycles. The van der Waals surface area contributed by atoms with Crippen LogP contribution in [0.4, 0.5) is 5.69 Å². The Hall–Kier alpha value is -1.59. The fourth-order valence-electron chi connectivity index (χ4n) is 1.49. The van der Waals surface area contributed by atoms with E-state index in [0.29, 0.717) is 17.8 Å². The van der Waals surface area contributed by atoms with Crippen molar-refractivity contribution in [2.24, 2.45) is 5.73 Å². The lowest BCUT2D eigenvalue weighted by Crippen LogP contribution is -2.22. The molecule has 6 heteroatoms. The van der Waals surface area contributed by atoms with E-state index < -0.39 is 0 Å². The molecule has 0 aliphatic heterocycles. The van der Waals surface area contributed by atoms with Crippen LogP contribution in [0.1, 0.15) is 22.3 Å². The van der Waals surface area contributed by atoms with Crippen LogP contribution in [0.15, 0.2) is 18.2 Å². The highest BCUT2D eigenvalue weighted by atomic mass is 35.5. The third-order valence-corrected chi connectivity index (χ3v) is 2.54. The van der Waals surface area contributed by atoms with Gasteiger partial charge in [-0.15, -0.1) is 12.4 Å². The number of nitrogens with two attached hydrogens (primary N) is 1. The van der Waals surface area contributed by atoms with Crippen LogP contribution >= 0.6 is 12.4 Å². The van der Waals surface area contributed by atoms with Crippen molar-refractivity contribution >= 4 is 29.9 Å². The van der Waals surface area contributed by atoms with Gasteiger partial charge in [0, 0.05) is 38.3 Å². The molecule has 5 nitrogen and oxygen atoms in total. The molecule has 0 radical (unpaired) electrons. The first-order valence-electron chi connectivity index (χ1n) is 5.78. The van der Waals surface area contributed by atoms with Crippen LogP contribution < -0.4 is 11.1 Å². The van der Waals surface area contributed by atoms with E-state index >= 15 is 0 Å². The van der Waals surface area contributed by atoms with E-state index in [0.717, 1.165) is 5.56 Å². The molecular formula is C13H20ClN3O2. The van der Waals surface area contributed by atoms with Crippen molar-refractivity contribution in [2.75, 3.05) is 26.0 Å². The number of amides is 2. The topological polar surface area (TPSA) is 75.4 Å². The molecule has 3 N–H and O–H groups in total. The van der Waals surface area contributed by atoms with Gasteiger partial charge in [0.15, 0.2) is 0 Å². The van der Waals surface area contributed by atoms with E-state index in [1.54, 1.807) is 26.2 Å². The smallest absolute Gasteiger partial charge is 0.253 e. The number of nitrogens with one attached hydrogen (secondary N) is 1. The Morgan fingerprint density at radius 1 is 1.32 bits per heavy atom. The molecular weight excluding hydrogens is 266 g/mol. The number of carbonyl (C=O) groups excluding carboxylic acids is 2. The highest BCUT2D eigenvalue weighted by molar-refractivity contribution is 5.97.